The van der Waals surface area contributed by atoms with E-state index < -0.39 is 24.5 Å². The molecule has 7 nitrogen and oxygen atoms in total. The molecule has 1 aromatic carbocycles. The zero-order valence-electron chi connectivity index (χ0n) is 14.8. The van der Waals surface area contributed by atoms with Crippen LogP contribution in [-0.4, -0.2) is 37.7 Å². The van der Waals surface area contributed by atoms with Crippen molar-refractivity contribution in [2.24, 2.45) is 0 Å². The number of rotatable bonds is 10. The molecule has 25 heavy (non-hydrogen) atoms. The van der Waals surface area contributed by atoms with Gasteiger partial charge in [0.25, 0.3) is 5.91 Å². The number of aryl methyl sites for hydroxylation is 1. The summed E-state index contributed by atoms with van der Waals surface area (Å²) in [5.41, 5.74) is 1.10. The summed E-state index contributed by atoms with van der Waals surface area (Å²) >= 11 is 0. The van der Waals surface area contributed by atoms with Gasteiger partial charge < -0.3 is 14.8 Å². The molecule has 0 bridgehead atoms. The Morgan fingerprint density at radius 3 is 2.68 bits per heavy atom. The summed E-state index contributed by atoms with van der Waals surface area (Å²) in [4.78, 5) is 34.4. The molecule has 3 amide bonds. The van der Waals surface area contributed by atoms with Gasteiger partial charge in [-0.15, -0.1) is 0 Å². The topological polar surface area (TPSA) is 93.7 Å². The Hall–Kier alpha value is -2.57. The molecule has 0 fully saturated rings. The number of ether oxygens (including phenoxy) is 2. The van der Waals surface area contributed by atoms with E-state index in [1.807, 2.05) is 38.1 Å². The third-order valence-corrected chi connectivity index (χ3v) is 3.22. The molecule has 0 heterocycles. The van der Waals surface area contributed by atoms with Crippen molar-refractivity contribution < 1.29 is 23.9 Å². The van der Waals surface area contributed by atoms with Crippen LogP contribution in [0.5, 0.6) is 5.75 Å². The number of esters is 1. The van der Waals surface area contributed by atoms with Crippen molar-refractivity contribution in [3.63, 3.8) is 0 Å². The summed E-state index contributed by atoms with van der Waals surface area (Å²) in [5.74, 6) is -0.408. The predicted octanol–water partition coefficient (Wildman–Crippen LogP) is 2.32. The summed E-state index contributed by atoms with van der Waals surface area (Å²) in [6, 6.07) is 7.05. The standard InChI is InChI=1S/C18H26N2O5/c1-3-4-10-19-18(23)20-16(21)13-25-17(22)9-6-11-24-15-8-5-7-14(2)12-15/h5,7-8,12H,3-4,6,9-11,13H2,1-2H3,(H2,19,20,21,23). The molecule has 138 valence electrons. The van der Waals surface area contributed by atoms with Crippen molar-refractivity contribution >= 4 is 17.9 Å². The normalized spacial score (nSPS) is 10.0. The van der Waals surface area contributed by atoms with Crippen LogP contribution in [0.3, 0.4) is 0 Å². The Labute approximate surface area is 148 Å². The SMILES string of the molecule is CCCCNC(=O)NC(=O)COC(=O)CCCOc1cccc(C)c1. The van der Waals surface area contributed by atoms with Crippen LogP contribution in [0, 0.1) is 6.92 Å². The van der Waals surface area contributed by atoms with E-state index in [2.05, 4.69) is 10.6 Å². The number of unbranched alkanes of at least 4 members (excludes halogenated alkanes) is 1. The van der Waals surface area contributed by atoms with Crippen LogP contribution < -0.4 is 15.4 Å². The van der Waals surface area contributed by atoms with Gasteiger partial charge in [0.2, 0.25) is 0 Å². The smallest absolute Gasteiger partial charge is 0.321 e. The number of imide groups is 1. The molecular weight excluding hydrogens is 324 g/mol. The minimum absolute atomic E-state index is 0.141. The molecule has 7 heteroatoms. The van der Waals surface area contributed by atoms with Gasteiger partial charge in [-0.1, -0.05) is 25.5 Å². The number of hydrogen-bond donors (Lipinski definition) is 2. The monoisotopic (exact) mass is 350 g/mol. The molecule has 0 aliphatic rings. The first-order chi connectivity index (χ1) is 12.0. The van der Waals surface area contributed by atoms with Crippen LogP contribution in [0.1, 0.15) is 38.2 Å². The van der Waals surface area contributed by atoms with Crippen LogP contribution in [0.15, 0.2) is 24.3 Å². The summed E-state index contributed by atoms with van der Waals surface area (Å²) in [6.45, 7) is 4.37. The second-order valence-corrected chi connectivity index (χ2v) is 5.59. The van der Waals surface area contributed by atoms with Gasteiger partial charge in [0.05, 0.1) is 6.61 Å². The van der Waals surface area contributed by atoms with Gasteiger partial charge in [-0.2, -0.15) is 0 Å². The molecule has 1 aromatic rings. The maximum atomic E-state index is 11.6. The lowest BCUT2D eigenvalue weighted by molar-refractivity contribution is -0.148. The molecule has 0 atom stereocenters. The van der Waals surface area contributed by atoms with Crippen molar-refractivity contribution in [2.75, 3.05) is 19.8 Å². The fraction of sp³-hybridized carbons (Fsp3) is 0.500. The Morgan fingerprint density at radius 1 is 1.16 bits per heavy atom. The number of amides is 3. The number of carbonyl (C=O) groups is 3. The lowest BCUT2D eigenvalue weighted by Crippen LogP contribution is -2.41. The van der Waals surface area contributed by atoms with Gasteiger partial charge in [-0.05, 0) is 37.5 Å². The molecule has 0 aliphatic heterocycles. The molecular formula is C18H26N2O5. The molecule has 0 spiro atoms. The summed E-state index contributed by atoms with van der Waals surface area (Å²) in [7, 11) is 0. The largest absolute Gasteiger partial charge is 0.494 e. The number of hydrogen-bond acceptors (Lipinski definition) is 5. The molecule has 1 rings (SSSR count). The zero-order chi connectivity index (χ0) is 18.5. The van der Waals surface area contributed by atoms with E-state index >= 15 is 0 Å². The highest BCUT2D eigenvalue weighted by molar-refractivity contribution is 5.95. The van der Waals surface area contributed by atoms with Crippen LogP contribution in [0.25, 0.3) is 0 Å². The molecule has 0 aliphatic carbocycles. The van der Waals surface area contributed by atoms with E-state index in [0.717, 1.165) is 24.2 Å². The molecule has 0 radical (unpaired) electrons. The van der Waals surface area contributed by atoms with Crippen molar-refractivity contribution in [1.82, 2.24) is 10.6 Å². The lowest BCUT2D eigenvalue weighted by atomic mass is 10.2. The van der Waals surface area contributed by atoms with Gasteiger partial charge in [0.1, 0.15) is 5.75 Å². The van der Waals surface area contributed by atoms with Gasteiger partial charge in [-0.25, -0.2) is 4.79 Å². The molecule has 0 saturated heterocycles. The first-order valence-corrected chi connectivity index (χ1v) is 8.44. The van der Waals surface area contributed by atoms with E-state index in [9.17, 15) is 14.4 Å². The van der Waals surface area contributed by atoms with Crippen molar-refractivity contribution in [2.45, 2.75) is 39.5 Å². The number of benzene rings is 1. The molecule has 0 unspecified atom stereocenters. The summed E-state index contributed by atoms with van der Waals surface area (Å²) in [5, 5.41) is 4.63. The number of nitrogens with one attached hydrogen (secondary N) is 2. The Bertz CT molecular complexity index is 574. The third-order valence-electron chi connectivity index (χ3n) is 3.22. The molecule has 0 saturated carbocycles. The minimum atomic E-state index is -0.654. The van der Waals surface area contributed by atoms with Crippen LogP contribution in [-0.2, 0) is 14.3 Å². The average molecular weight is 350 g/mol. The Balaban J connectivity index is 2.09. The molecule has 2 N–H and O–H groups in total. The Kier molecular flexibility index (Phi) is 9.74. The maximum absolute atomic E-state index is 11.6. The first kappa shape index (κ1) is 20.5. The summed E-state index contributed by atoms with van der Waals surface area (Å²) < 4.78 is 10.3. The second-order valence-electron chi connectivity index (χ2n) is 5.59. The quantitative estimate of drug-likeness (QED) is 0.499. The van der Waals surface area contributed by atoms with Crippen LogP contribution >= 0.6 is 0 Å². The zero-order valence-corrected chi connectivity index (χ0v) is 14.8. The highest BCUT2D eigenvalue weighted by Crippen LogP contribution is 2.12. The average Bonchev–Trinajstić information content (AvgIpc) is 2.57. The number of urea groups is 1. The highest BCUT2D eigenvalue weighted by atomic mass is 16.5. The number of carbonyl (C=O) groups excluding carboxylic acids is 3. The van der Waals surface area contributed by atoms with E-state index in [1.165, 1.54) is 0 Å². The maximum Gasteiger partial charge on any atom is 0.321 e. The fourth-order valence-electron chi connectivity index (χ4n) is 1.92. The first-order valence-electron chi connectivity index (χ1n) is 8.44. The minimum Gasteiger partial charge on any atom is -0.494 e. The van der Waals surface area contributed by atoms with Gasteiger partial charge >= 0.3 is 12.0 Å². The van der Waals surface area contributed by atoms with E-state index in [0.29, 0.717) is 19.6 Å². The third kappa shape index (κ3) is 10.0. The van der Waals surface area contributed by atoms with Crippen molar-refractivity contribution in [3.8, 4) is 5.75 Å². The second kappa shape index (κ2) is 11.9. The van der Waals surface area contributed by atoms with Crippen molar-refractivity contribution in [1.29, 1.82) is 0 Å². The van der Waals surface area contributed by atoms with Gasteiger partial charge in [0.15, 0.2) is 6.61 Å². The lowest BCUT2D eigenvalue weighted by Gasteiger charge is -2.08. The van der Waals surface area contributed by atoms with Gasteiger partial charge in [0, 0.05) is 13.0 Å². The van der Waals surface area contributed by atoms with E-state index in [1.54, 1.807) is 0 Å². The summed E-state index contributed by atoms with van der Waals surface area (Å²) in [6.07, 6.45) is 2.40. The van der Waals surface area contributed by atoms with Crippen molar-refractivity contribution in [3.05, 3.63) is 29.8 Å². The Morgan fingerprint density at radius 2 is 1.96 bits per heavy atom. The highest BCUT2D eigenvalue weighted by Gasteiger charge is 2.10. The van der Waals surface area contributed by atoms with E-state index in [4.69, 9.17) is 9.47 Å². The van der Waals surface area contributed by atoms with Crippen LogP contribution in [0.4, 0.5) is 4.79 Å². The predicted molar refractivity (Wildman–Crippen MR) is 93.3 cm³/mol. The molecule has 0 aromatic heterocycles. The fourth-order valence-corrected chi connectivity index (χ4v) is 1.92. The van der Waals surface area contributed by atoms with Crippen LogP contribution in [0.2, 0.25) is 0 Å². The van der Waals surface area contributed by atoms with E-state index in [-0.39, 0.29) is 6.42 Å². The van der Waals surface area contributed by atoms with Gasteiger partial charge in [-0.3, -0.25) is 14.9 Å².